The first-order valence-electron chi connectivity index (χ1n) is 6.95. The molecule has 0 saturated heterocycles. The number of aromatic nitrogens is 2. The lowest BCUT2D eigenvalue weighted by Crippen LogP contribution is -1.98. The van der Waals surface area contributed by atoms with Crippen molar-refractivity contribution in [2.24, 2.45) is 0 Å². The second-order valence-electron chi connectivity index (χ2n) is 4.91. The van der Waals surface area contributed by atoms with Gasteiger partial charge in [0.15, 0.2) is 5.82 Å². The molecule has 0 aliphatic heterocycles. The van der Waals surface area contributed by atoms with Gasteiger partial charge in [-0.15, -0.1) is 0 Å². The van der Waals surface area contributed by atoms with Crippen molar-refractivity contribution in [3.63, 3.8) is 0 Å². The molecule has 0 fully saturated rings. The van der Waals surface area contributed by atoms with Gasteiger partial charge in [0.05, 0.1) is 0 Å². The molecular weight excluding hydrogens is 258 g/mol. The van der Waals surface area contributed by atoms with Crippen LogP contribution < -0.4 is 5.32 Å². The van der Waals surface area contributed by atoms with Crippen molar-refractivity contribution in [2.45, 2.75) is 6.92 Å². The quantitative estimate of drug-likeness (QED) is 0.780. The summed E-state index contributed by atoms with van der Waals surface area (Å²) in [6.07, 6.45) is 0. The topological polar surface area (TPSA) is 37.8 Å². The molecule has 3 rings (SSSR count). The van der Waals surface area contributed by atoms with Crippen LogP contribution in [0, 0.1) is 6.92 Å². The number of hydrogen-bond acceptors (Lipinski definition) is 3. The van der Waals surface area contributed by atoms with E-state index in [4.69, 9.17) is 0 Å². The third kappa shape index (κ3) is 2.92. The second-order valence-corrected chi connectivity index (χ2v) is 4.91. The van der Waals surface area contributed by atoms with Gasteiger partial charge in [-0.1, -0.05) is 54.6 Å². The third-order valence-electron chi connectivity index (χ3n) is 3.36. The molecule has 1 N–H and O–H groups in total. The van der Waals surface area contributed by atoms with Crippen LogP contribution in [0.15, 0.2) is 60.7 Å². The number of nitrogens with one attached hydrogen (secondary N) is 1. The lowest BCUT2D eigenvalue weighted by atomic mass is 10.0. The van der Waals surface area contributed by atoms with Gasteiger partial charge in [-0.25, -0.2) is 9.97 Å². The summed E-state index contributed by atoms with van der Waals surface area (Å²) in [5.74, 6) is 1.59. The summed E-state index contributed by atoms with van der Waals surface area (Å²) in [5.41, 5.74) is 4.39. The zero-order chi connectivity index (χ0) is 14.7. The molecule has 3 heteroatoms. The van der Waals surface area contributed by atoms with Gasteiger partial charge in [0, 0.05) is 24.4 Å². The summed E-state index contributed by atoms with van der Waals surface area (Å²) in [6, 6.07) is 20.6. The molecule has 0 saturated carbocycles. The maximum absolute atomic E-state index is 4.50. The molecule has 0 spiro atoms. The van der Waals surface area contributed by atoms with E-state index in [-0.39, 0.29) is 0 Å². The molecule has 2 aromatic carbocycles. The van der Waals surface area contributed by atoms with Gasteiger partial charge in [0.25, 0.3) is 0 Å². The SMILES string of the molecule is CNc1cc(C)nc(-c2ccc(-c3ccccc3)cc2)n1. The van der Waals surface area contributed by atoms with Crippen molar-refractivity contribution in [2.75, 3.05) is 12.4 Å². The van der Waals surface area contributed by atoms with Crippen LogP contribution in [0.25, 0.3) is 22.5 Å². The maximum Gasteiger partial charge on any atom is 0.161 e. The highest BCUT2D eigenvalue weighted by Gasteiger charge is 2.05. The van der Waals surface area contributed by atoms with Crippen molar-refractivity contribution in [3.8, 4) is 22.5 Å². The molecule has 0 aliphatic carbocycles. The summed E-state index contributed by atoms with van der Waals surface area (Å²) >= 11 is 0. The van der Waals surface area contributed by atoms with Gasteiger partial charge < -0.3 is 5.32 Å². The number of nitrogens with zero attached hydrogens (tertiary/aromatic N) is 2. The minimum atomic E-state index is 0.749. The van der Waals surface area contributed by atoms with Crippen LogP contribution in [0.5, 0.6) is 0 Å². The van der Waals surface area contributed by atoms with Crippen LogP contribution in [0.2, 0.25) is 0 Å². The number of rotatable bonds is 3. The summed E-state index contributed by atoms with van der Waals surface area (Å²) in [4.78, 5) is 9.01. The largest absolute Gasteiger partial charge is 0.373 e. The van der Waals surface area contributed by atoms with Crippen LogP contribution in [0.4, 0.5) is 5.82 Å². The van der Waals surface area contributed by atoms with Crippen molar-refractivity contribution in [3.05, 3.63) is 66.4 Å². The van der Waals surface area contributed by atoms with Crippen molar-refractivity contribution >= 4 is 5.82 Å². The summed E-state index contributed by atoms with van der Waals surface area (Å²) in [5, 5.41) is 3.06. The lowest BCUT2D eigenvalue weighted by Gasteiger charge is -2.07. The molecule has 1 aromatic heterocycles. The van der Waals surface area contributed by atoms with Gasteiger partial charge in [-0.05, 0) is 18.1 Å². The highest BCUT2D eigenvalue weighted by atomic mass is 15.0. The third-order valence-corrected chi connectivity index (χ3v) is 3.36. The Balaban J connectivity index is 1.96. The zero-order valence-electron chi connectivity index (χ0n) is 12.2. The van der Waals surface area contributed by atoms with Crippen LogP contribution in [0.1, 0.15) is 5.69 Å². The van der Waals surface area contributed by atoms with Crippen molar-refractivity contribution in [1.82, 2.24) is 9.97 Å². The number of aryl methyl sites for hydroxylation is 1. The van der Waals surface area contributed by atoms with E-state index in [2.05, 4.69) is 51.7 Å². The number of hydrogen-bond donors (Lipinski definition) is 1. The van der Waals surface area contributed by atoms with E-state index in [1.54, 1.807) is 0 Å². The average Bonchev–Trinajstić information content (AvgIpc) is 2.55. The first kappa shape index (κ1) is 13.3. The van der Waals surface area contributed by atoms with Crippen LogP contribution >= 0.6 is 0 Å². The van der Waals surface area contributed by atoms with Crippen LogP contribution in [0.3, 0.4) is 0 Å². The Hall–Kier alpha value is -2.68. The van der Waals surface area contributed by atoms with Crippen LogP contribution in [-0.4, -0.2) is 17.0 Å². The van der Waals surface area contributed by atoms with E-state index < -0.39 is 0 Å². The van der Waals surface area contributed by atoms with E-state index in [0.717, 1.165) is 22.9 Å². The molecule has 0 atom stereocenters. The Kier molecular flexibility index (Phi) is 3.65. The normalized spacial score (nSPS) is 10.4. The van der Waals surface area contributed by atoms with Gasteiger partial charge in [0.1, 0.15) is 5.82 Å². The highest BCUT2D eigenvalue weighted by Crippen LogP contribution is 2.23. The lowest BCUT2D eigenvalue weighted by molar-refractivity contribution is 1.11. The van der Waals surface area contributed by atoms with Crippen molar-refractivity contribution < 1.29 is 0 Å². The monoisotopic (exact) mass is 275 g/mol. The Labute approximate surface area is 124 Å². The average molecular weight is 275 g/mol. The first-order chi connectivity index (χ1) is 10.3. The predicted octanol–water partition coefficient (Wildman–Crippen LogP) is 4.16. The zero-order valence-corrected chi connectivity index (χ0v) is 12.2. The minimum Gasteiger partial charge on any atom is -0.373 e. The number of anilines is 1. The highest BCUT2D eigenvalue weighted by molar-refractivity contribution is 5.68. The number of benzene rings is 2. The minimum absolute atomic E-state index is 0.749. The molecule has 21 heavy (non-hydrogen) atoms. The summed E-state index contributed by atoms with van der Waals surface area (Å²) in [7, 11) is 1.87. The molecule has 0 radical (unpaired) electrons. The van der Waals surface area contributed by atoms with Gasteiger partial charge in [-0.3, -0.25) is 0 Å². The Bertz CT molecular complexity index is 734. The fourth-order valence-electron chi connectivity index (χ4n) is 2.27. The molecule has 0 unspecified atom stereocenters. The van der Waals surface area contributed by atoms with Gasteiger partial charge in [0.2, 0.25) is 0 Å². The molecule has 104 valence electrons. The van der Waals surface area contributed by atoms with E-state index in [1.165, 1.54) is 11.1 Å². The molecule has 3 nitrogen and oxygen atoms in total. The molecule has 0 bridgehead atoms. The van der Waals surface area contributed by atoms with Crippen molar-refractivity contribution in [1.29, 1.82) is 0 Å². The van der Waals surface area contributed by atoms with E-state index >= 15 is 0 Å². The molecule has 3 aromatic rings. The molecule has 1 heterocycles. The first-order valence-corrected chi connectivity index (χ1v) is 6.95. The molecular formula is C18H17N3. The van der Waals surface area contributed by atoms with E-state index in [1.807, 2.05) is 38.2 Å². The second kappa shape index (κ2) is 5.75. The van der Waals surface area contributed by atoms with Gasteiger partial charge >= 0.3 is 0 Å². The smallest absolute Gasteiger partial charge is 0.161 e. The maximum atomic E-state index is 4.50. The fourth-order valence-corrected chi connectivity index (χ4v) is 2.27. The Morgan fingerprint density at radius 2 is 1.38 bits per heavy atom. The summed E-state index contributed by atoms with van der Waals surface area (Å²) < 4.78 is 0. The van der Waals surface area contributed by atoms with E-state index in [0.29, 0.717) is 0 Å². The van der Waals surface area contributed by atoms with E-state index in [9.17, 15) is 0 Å². The molecule has 0 aliphatic rings. The Morgan fingerprint density at radius 1 is 0.762 bits per heavy atom. The summed E-state index contributed by atoms with van der Waals surface area (Å²) in [6.45, 7) is 1.98. The Morgan fingerprint density at radius 3 is 2.05 bits per heavy atom. The predicted molar refractivity (Wildman–Crippen MR) is 87.2 cm³/mol. The molecule has 0 amide bonds. The van der Waals surface area contributed by atoms with Crippen LogP contribution in [-0.2, 0) is 0 Å². The standard InChI is InChI=1S/C18H17N3/c1-13-12-17(19-2)21-18(20-13)16-10-8-15(9-11-16)14-6-4-3-5-7-14/h3-12H,1-2H3,(H,19,20,21). The van der Waals surface area contributed by atoms with Gasteiger partial charge in [-0.2, -0.15) is 0 Å². The fraction of sp³-hybridized carbons (Fsp3) is 0.111.